The zero-order valence-corrected chi connectivity index (χ0v) is 6.82. The molecule has 29 valence electrons. The van der Waals surface area contributed by atoms with Crippen molar-refractivity contribution in [2.75, 3.05) is 0 Å². The topological polar surface area (TPSA) is 31.5 Å². The summed E-state index contributed by atoms with van der Waals surface area (Å²) in [6, 6.07) is 0. The van der Waals surface area contributed by atoms with E-state index in [-0.39, 0.29) is 54.2 Å². The molecule has 0 fully saturated rings. The van der Waals surface area contributed by atoms with Crippen molar-refractivity contribution in [1.29, 1.82) is 0 Å². The summed E-state index contributed by atoms with van der Waals surface area (Å²) >= 11 is 0. The van der Waals surface area contributed by atoms with Crippen LogP contribution in [0.3, 0.4) is 0 Å². The van der Waals surface area contributed by atoms with Crippen LogP contribution in [0.5, 0.6) is 0 Å². The summed E-state index contributed by atoms with van der Waals surface area (Å²) in [6.45, 7) is 0. The fourth-order valence-corrected chi connectivity index (χ4v) is 0. The molecule has 0 bridgehead atoms. The van der Waals surface area contributed by atoms with Gasteiger partial charge in [-0.05, 0) is 0 Å². The SMILES string of the molecule is Cl.Cl.O.[SnH]. The molecule has 0 spiro atoms. The van der Waals surface area contributed by atoms with E-state index < -0.39 is 0 Å². The fraction of sp³-hybridized carbons (Fsp3) is 0. The number of hydrogen-bond acceptors (Lipinski definition) is 0. The fourth-order valence-electron chi connectivity index (χ4n) is 0. The molecule has 0 saturated heterocycles. The van der Waals surface area contributed by atoms with E-state index in [9.17, 15) is 0 Å². The van der Waals surface area contributed by atoms with E-state index in [0.717, 1.165) is 0 Å². The van der Waals surface area contributed by atoms with Crippen LogP contribution < -0.4 is 0 Å². The molecule has 0 rings (SSSR count). The average molecular weight is 211 g/mol. The average Bonchev–Trinajstić information content (AvgIpc) is 0. The van der Waals surface area contributed by atoms with Crippen molar-refractivity contribution >= 4 is 48.7 Å². The molecule has 0 heterocycles. The van der Waals surface area contributed by atoms with E-state index >= 15 is 0 Å². The molecule has 0 aromatic rings. The summed E-state index contributed by atoms with van der Waals surface area (Å²) in [5, 5.41) is 0. The standard InChI is InChI=1S/2ClH.H2O.Sn.H/h2*1H;1H2;;. The molecule has 0 aromatic carbocycles. The van der Waals surface area contributed by atoms with Crippen LogP contribution in [0.4, 0.5) is 0 Å². The van der Waals surface area contributed by atoms with Crippen molar-refractivity contribution in [2.24, 2.45) is 0 Å². The third-order valence-corrected chi connectivity index (χ3v) is 0. The molecular formula is H5Cl2OSn. The molecule has 0 aliphatic rings. The second-order valence-electron chi connectivity index (χ2n) is 0. The van der Waals surface area contributed by atoms with Crippen LogP contribution in [0, 0.1) is 0 Å². The van der Waals surface area contributed by atoms with Gasteiger partial charge in [-0.15, -0.1) is 24.8 Å². The summed E-state index contributed by atoms with van der Waals surface area (Å²) in [6.07, 6.45) is 0. The minimum absolute atomic E-state index is 0. The van der Waals surface area contributed by atoms with Gasteiger partial charge in [0.05, 0.1) is 0 Å². The Hall–Kier alpha value is 1.34. The van der Waals surface area contributed by atoms with Crippen molar-refractivity contribution in [2.45, 2.75) is 0 Å². The van der Waals surface area contributed by atoms with Gasteiger partial charge in [0.25, 0.3) is 0 Å². The second kappa shape index (κ2) is 27.0. The quantitative estimate of drug-likeness (QED) is 0.477. The maximum absolute atomic E-state index is 0. The monoisotopic (exact) mass is 211 g/mol. The summed E-state index contributed by atoms with van der Waals surface area (Å²) in [4.78, 5) is 0. The Morgan fingerprint density at radius 1 is 0.750 bits per heavy atom. The first-order valence-corrected chi connectivity index (χ1v) is 0. The van der Waals surface area contributed by atoms with Gasteiger partial charge in [0.2, 0.25) is 0 Å². The first kappa shape index (κ1) is 56.1. The molecule has 2 N–H and O–H groups in total. The van der Waals surface area contributed by atoms with Gasteiger partial charge >= 0.3 is 23.9 Å². The molecular weight excluding hydrogens is 206 g/mol. The van der Waals surface area contributed by atoms with Gasteiger partial charge in [0.15, 0.2) is 0 Å². The molecule has 1 nitrogen and oxygen atoms in total. The number of hydrogen-bond donors (Lipinski definition) is 0. The van der Waals surface area contributed by atoms with Crippen LogP contribution in [-0.2, 0) is 0 Å². The van der Waals surface area contributed by atoms with E-state index in [1.807, 2.05) is 0 Å². The van der Waals surface area contributed by atoms with Crippen molar-refractivity contribution in [3.63, 3.8) is 0 Å². The van der Waals surface area contributed by atoms with Gasteiger partial charge < -0.3 is 5.48 Å². The molecule has 0 saturated carbocycles. The minimum atomic E-state index is 0. The van der Waals surface area contributed by atoms with Gasteiger partial charge in [-0.3, -0.25) is 0 Å². The van der Waals surface area contributed by atoms with Gasteiger partial charge in [0.1, 0.15) is 0 Å². The third kappa shape index (κ3) is 10.2. The van der Waals surface area contributed by atoms with Crippen LogP contribution in [-0.4, -0.2) is 29.4 Å². The molecule has 4 heavy (non-hydrogen) atoms. The Morgan fingerprint density at radius 3 is 0.750 bits per heavy atom. The van der Waals surface area contributed by atoms with Gasteiger partial charge in [-0.25, -0.2) is 0 Å². The maximum atomic E-state index is 0. The van der Waals surface area contributed by atoms with Gasteiger partial charge in [0, 0.05) is 0 Å². The van der Waals surface area contributed by atoms with Crippen LogP contribution in [0.25, 0.3) is 0 Å². The van der Waals surface area contributed by atoms with E-state index in [4.69, 9.17) is 0 Å². The summed E-state index contributed by atoms with van der Waals surface area (Å²) in [5.74, 6) is 0. The molecule has 0 aromatic heterocycles. The zero-order valence-electron chi connectivity index (χ0n) is 1.89. The first-order chi connectivity index (χ1) is 0. The van der Waals surface area contributed by atoms with Crippen LogP contribution in [0.1, 0.15) is 0 Å². The van der Waals surface area contributed by atoms with Crippen molar-refractivity contribution < 1.29 is 5.48 Å². The zero-order chi connectivity index (χ0) is 0. The molecule has 0 atom stereocenters. The summed E-state index contributed by atoms with van der Waals surface area (Å²) in [5.41, 5.74) is 0. The molecule has 0 aliphatic heterocycles. The molecule has 3 radical (unpaired) electrons. The van der Waals surface area contributed by atoms with Crippen LogP contribution in [0.2, 0.25) is 0 Å². The Labute approximate surface area is 54.2 Å². The van der Waals surface area contributed by atoms with Crippen molar-refractivity contribution in [3.05, 3.63) is 0 Å². The third-order valence-electron chi connectivity index (χ3n) is 0. The Bertz CT molecular complexity index is 6.00. The van der Waals surface area contributed by atoms with Gasteiger partial charge in [-0.2, -0.15) is 0 Å². The van der Waals surface area contributed by atoms with Crippen LogP contribution in [0.15, 0.2) is 0 Å². The van der Waals surface area contributed by atoms with Crippen LogP contribution >= 0.6 is 24.8 Å². The normalized spacial score (nSPS) is 0. The Balaban J connectivity index is 0. The molecule has 0 unspecified atom stereocenters. The van der Waals surface area contributed by atoms with Crippen molar-refractivity contribution in [1.82, 2.24) is 0 Å². The molecule has 4 heteroatoms. The second-order valence-corrected chi connectivity index (χ2v) is 0. The molecule has 0 aliphatic carbocycles. The summed E-state index contributed by atoms with van der Waals surface area (Å²) in [7, 11) is 0. The summed E-state index contributed by atoms with van der Waals surface area (Å²) < 4.78 is 0. The first-order valence-electron chi connectivity index (χ1n) is 0. The van der Waals surface area contributed by atoms with E-state index in [1.165, 1.54) is 0 Å². The van der Waals surface area contributed by atoms with Crippen molar-refractivity contribution in [3.8, 4) is 0 Å². The Morgan fingerprint density at radius 2 is 0.750 bits per heavy atom. The predicted molar refractivity (Wildman–Crippen MR) is 25.3 cm³/mol. The van der Waals surface area contributed by atoms with E-state index in [1.54, 1.807) is 0 Å². The number of rotatable bonds is 0. The Kier molecular flexibility index (Phi) is 378. The van der Waals surface area contributed by atoms with Gasteiger partial charge in [-0.1, -0.05) is 0 Å². The number of halogens is 2. The van der Waals surface area contributed by atoms with E-state index in [0.29, 0.717) is 0 Å². The molecule has 0 amide bonds. The van der Waals surface area contributed by atoms with E-state index in [2.05, 4.69) is 0 Å². The predicted octanol–water partition coefficient (Wildman–Crippen LogP) is -0.630.